The summed E-state index contributed by atoms with van der Waals surface area (Å²) in [5.74, 6) is 0.0243. The number of hydrogen-bond donors (Lipinski definition) is 5. The van der Waals surface area contributed by atoms with Gasteiger partial charge < -0.3 is 34.9 Å². The molecule has 5 N–H and O–H groups in total. The molecular weight excluding hydrogens is 483 g/mol. The second-order valence-electron chi connectivity index (χ2n) is 9.55. The van der Waals surface area contributed by atoms with Crippen LogP contribution in [0.25, 0.3) is 0 Å². The number of H-pyrrole nitrogens is 1. The van der Waals surface area contributed by atoms with Crippen LogP contribution in [0, 0.1) is 0 Å². The zero-order valence-electron chi connectivity index (χ0n) is 21.9. The predicted octanol–water partition coefficient (Wildman–Crippen LogP) is 3.76. The van der Waals surface area contributed by atoms with E-state index in [1.807, 2.05) is 6.92 Å². The molecule has 0 fully saturated rings. The summed E-state index contributed by atoms with van der Waals surface area (Å²) in [6.07, 6.45) is 12.7. The molecule has 0 spiro atoms. The van der Waals surface area contributed by atoms with E-state index >= 15 is 0 Å². The van der Waals surface area contributed by atoms with Gasteiger partial charge in [-0.25, -0.2) is 4.98 Å². The third-order valence-electron chi connectivity index (χ3n) is 6.50. The van der Waals surface area contributed by atoms with Crippen LogP contribution in [0.1, 0.15) is 89.2 Å². The number of nitrogens with zero attached hydrogens (tertiary/aromatic N) is 1. The highest BCUT2D eigenvalue weighted by atomic mass is 31.2. The Bertz CT molecular complexity index is 824. The lowest BCUT2D eigenvalue weighted by Gasteiger charge is -2.23. The Morgan fingerprint density at radius 3 is 2.42 bits per heavy atom. The summed E-state index contributed by atoms with van der Waals surface area (Å²) in [5, 5.41) is 25.1. The van der Waals surface area contributed by atoms with Crippen molar-refractivity contribution in [1.29, 1.82) is 0 Å². The molecule has 0 amide bonds. The van der Waals surface area contributed by atoms with Gasteiger partial charge in [-0.1, -0.05) is 51.9 Å². The quantitative estimate of drug-likeness (QED) is 0.112. The number of nitrogens with one attached hydrogen (secondary N) is 3. The minimum atomic E-state index is -3.23. The Balaban J connectivity index is 1.68. The Kier molecular flexibility index (Phi) is 15.5. The van der Waals surface area contributed by atoms with Crippen molar-refractivity contribution in [2.75, 3.05) is 51.0 Å². The van der Waals surface area contributed by atoms with Crippen LogP contribution in [0.3, 0.4) is 0 Å². The summed E-state index contributed by atoms with van der Waals surface area (Å²) >= 11 is 0. The number of aromatic nitrogens is 2. The van der Waals surface area contributed by atoms with Gasteiger partial charge in [0.15, 0.2) is 0 Å². The monoisotopic (exact) mass is 530 g/mol. The van der Waals surface area contributed by atoms with Crippen molar-refractivity contribution in [2.24, 2.45) is 0 Å². The van der Waals surface area contributed by atoms with E-state index in [0.717, 1.165) is 44.2 Å². The fourth-order valence-corrected chi connectivity index (χ4v) is 6.15. The summed E-state index contributed by atoms with van der Waals surface area (Å²) in [6.45, 7) is 4.12. The number of aromatic amines is 1. The summed E-state index contributed by atoms with van der Waals surface area (Å²) in [6, 6.07) is -0.254. The molecule has 2 rings (SSSR count). The van der Waals surface area contributed by atoms with Crippen LogP contribution in [0.4, 0.5) is 5.69 Å². The summed E-state index contributed by atoms with van der Waals surface area (Å²) in [7, 11) is -3.23. The number of hydrogen-bond acceptors (Lipinski definition) is 9. The lowest BCUT2D eigenvalue weighted by molar-refractivity contribution is 0.195. The topological polar surface area (TPSA) is 146 Å². The van der Waals surface area contributed by atoms with E-state index in [0.29, 0.717) is 38.4 Å². The first kappa shape index (κ1) is 30.9. The normalized spacial score (nSPS) is 17.5. The van der Waals surface area contributed by atoms with Gasteiger partial charge in [0, 0.05) is 31.7 Å². The molecule has 1 aliphatic rings. The Morgan fingerprint density at radius 2 is 1.75 bits per heavy atom. The number of rotatable bonds is 22. The van der Waals surface area contributed by atoms with Gasteiger partial charge in [-0.15, -0.1) is 0 Å². The minimum Gasteiger partial charge on any atom is -0.396 e. The van der Waals surface area contributed by atoms with Crippen LogP contribution in [0.15, 0.2) is 11.1 Å². The number of aliphatic hydroxyl groups excluding tert-OH is 2. The van der Waals surface area contributed by atoms with Crippen molar-refractivity contribution in [3.63, 3.8) is 0 Å². The molecule has 0 saturated heterocycles. The molecular formula is C25H47N4O6P. The highest BCUT2D eigenvalue weighted by molar-refractivity contribution is 7.53. The predicted molar refractivity (Wildman–Crippen MR) is 143 cm³/mol. The lowest BCUT2D eigenvalue weighted by atomic mass is 10.1. The van der Waals surface area contributed by atoms with Gasteiger partial charge in [-0.3, -0.25) is 9.36 Å². The van der Waals surface area contributed by atoms with Crippen molar-refractivity contribution in [3.05, 3.63) is 22.4 Å². The van der Waals surface area contributed by atoms with E-state index in [1.54, 1.807) is 0 Å². The lowest BCUT2D eigenvalue weighted by Crippen LogP contribution is -2.37. The fraction of sp³-hybridized carbons (Fsp3) is 0.840. The Hall–Kier alpha value is -1.29. The molecule has 36 heavy (non-hydrogen) atoms. The van der Waals surface area contributed by atoms with Crippen LogP contribution in [0.5, 0.6) is 0 Å². The molecule has 1 aromatic heterocycles. The first-order valence-electron chi connectivity index (χ1n) is 13.7. The molecule has 10 nitrogen and oxygen atoms in total. The molecule has 1 aromatic rings. The van der Waals surface area contributed by atoms with Gasteiger partial charge in [0.2, 0.25) is 0 Å². The van der Waals surface area contributed by atoms with Gasteiger partial charge in [-0.05, 0) is 25.7 Å². The molecule has 0 aromatic carbocycles. The average Bonchev–Trinajstić information content (AvgIpc) is 3.30. The van der Waals surface area contributed by atoms with E-state index in [2.05, 4.69) is 20.6 Å². The maximum absolute atomic E-state index is 13.3. The average molecular weight is 531 g/mol. The fourth-order valence-electron chi connectivity index (χ4n) is 4.32. The van der Waals surface area contributed by atoms with Crippen molar-refractivity contribution < 1.29 is 23.8 Å². The maximum atomic E-state index is 13.3. The second-order valence-corrected chi connectivity index (χ2v) is 11.7. The highest BCUT2D eigenvalue weighted by Crippen LogP contribution is 2.49. The van der Waals surface area contributed by atoms with Crippen molar-refractivity contribution >= 4 is 13.3 Å². The second kappa shape index (κ2) is 18.0. The number of anilines is 1. The van der Waals surface area contributed by atoms with Gasteiger partial charge >= 0.3 is 7.60 Å². The molecule has 0 saturated carbocycles. The SMILES string of the molecule is CCCOP(=O)(CC[C@@H](CO)NCC1CNc2c1nc[nH]c2=O)OCCCCCCCCCCCO. The minimum absolute atomic E-state index is 0.0243. The number of unbranched alkanes of at least 4 members (excludes halogenated alkanes) is 8. The van der Waals surface area contributed by atoms with E-state index in [4.69, 9.17) is 14.2 Å². The summed E-state index contributed by atoms with van der Waals surface area (Å²) in [5.41, 5.74) is 1.06. The standard InChI is InChI=1S/C25H47N4O6P/c1-2-14-34-36(33,35-15-11-9-7-5-3-4-6-8-10-13-30)16-12-22(19-31)26-17-21-18-27-24-23(21)28-20-29-25(24)32/h20-22,26-27,30-31H,2-19H2,1H3,(H,28,29,32)/t21?,22-,36?/m0/s1. The van der Waals surface area contributed by atoms with E-state index in [-0.39, 0.29) is 36.9 Å². The van der Waals surface area contributed by atoms with Gasteiger partial charge in [0.05, 0.1) is 38.0 Å². The van der Waals surface area contributed by atoms with Crippen LogP contribution in [-0.4, -0.2) is 71.9 Å². The molecule has 0 aliphatic carbocycles. The summed E-state index contributed by atoms with van der Waals surface area (Å²) in [4.78, 5) is 18.7. The molecule has 0 radical (unpaired) electrons. The maximum Gasteiger partial charge on any atom is 0.330 e. The van der Waals surface area contributed by atoms with Crippen LogP contribution in [0.2, 0.25) is 0 Å². The third kappa shape index (κ3) is 11.4. The van der Waals surface area contributed by atoms with E-state index in [1.165, 1.54) is 32.0 Å². The molecule has 2 heterocycles. The molecule has 2 unspecified atom stereocenters. The van der Waals surface area contributed by atoms with Crippen molar-refractivity contribution in [2.45, 2.75) is 89.5 Å². The van der Waals surface area contributed by atoms with E-state index in [9.17, 15) is 14.5 Å². The van der Waals surface area contributed by atoms with Crippen LogP contribution < -0.4 is 16.2 Å². The number of aliphatic hydroxyl groups is 2. The van der Waals surface area contributed by atoms with Gasteiger partial charge in [0.25, 0.3) is 5.56 Å². The Labute approximate surface area is 215 Å². The third-order valence-corrected chi connectivity index (χ3v) is 8.46. The van der Waals surface area contributed by atoms with Crippen molar-refractivity contribution in [3.8, 4) is 0 Å². The largest absolute Gasteiger partial charge is 0.396 e. The highest BCUT2D eigenvalue weighted by Gasteiger charge is 2.28. The Morgan fingerprint density at radius 1 is 1.08 bits per heavy atom. The first-order valence-corrected chi connectivity index (χ1v) is 15.4. The first-order chi connectivity index (χ1) is 17.5. The van der Waals surface area contributed by atoms with Crippen LogP contribution >= 0.6 is 7.60 Å². The van der Waals surface area contributed by atoms with Gasteiger partial charge in [0.1, 0.15) is 5.69 Å². The molecule has 3 atom stereocenters. The van der Waals surface area contributed by atoms with E-state index < -0.39 is 7.60 Å². The molecule has 0 bridgehead atoms. The van der Waals surface area contributed by atoms with Crippen LogP contribution in [-0.2, 0) is 13.6 Å². The zero-order valence-corrected chi connectivity index (χ0v) is 22.8. The smallest absolute Gasteiger partial charge is 0.330 e. The molecule has 1 aliphatic heterocycles. The van der Waals surface area contributed by atoms with Gasteiger partial charge in [-0.2, -0.15) is 0 Å². The molecule has 208 valence electrons. The number of fused-ring (bicyclic) bond motifs is 1. The summed E-state index contributed by atoms with van der Waals surface area (Å²) < 4.78 is 24.7. The zero-order chi connectivity index (χ0) is 26.1. The molecule has 11 heteroatoms. The van der Waals surface area contributed by atoms with Crippen molar-refractivity contribution in [1.82, 2.24) is 15.3 Å².